The maximum absolute atomic E-state index is 2.43. The molecule has 4 aromatic heterocycles. The molecule has 111 heavy (non-hydrogen) atoms. The Balaban J connectivity index is 0.000000111. The van der Waals surface area contributed by atoms with Crippen LogP contribution < -0.4 is 0 Å². The van der Waals surface area contributed by atoms with E-state index in [1.165, 1.54) is 204 Å². The third-order valence-corrected chi connectivity index (χ3v) is 25.7. The molecule has 4 heteroatoms. The van der Waals surface area contributed by atoms with Crippen LogP contribution in [0.1, 0.15) is 140 Å². The Labute approximate surface area is 654 Å². The first kappa shape index (κ1) is 70.9. The van der Waals surface area contributed by atoms with Crippen molar-refractivity contribution in [2.24, 2.45) is 21.1 Å². The van der Waals surface area contributed by atoms with E-state index in [-0.39, 0.29) is 27.1 Å². The third-order valence-electron chi connectivity index (χ3n) is 25.7. The molecule has 0 fully saturated rings. The first-order chi connectivity index (χ1) is 53.2. The third kappa shape index (κ3) is 11.4. The highest BCUT2D eigenvalue weighted by Gasteiger charge is 2.38. The van der Waals surface area contributed by atoms with Crippen LogP contribution >= 0.6 is 0 Å². The van der Waals surface area contributed by atoms with Gasteiger partial charge in [0.25, 0.3) is 0 Å². The number of benzene rings is 14. The summed E-state index contributed by atoms with van der Waals surface area (Å²) >= 11 is 0. The maximum Gasteiger partial charge on any atom is 0.0491 e. The minimum Gasteiger partial charge on any atom is -0.344 e. The molecule has 0 N–H and O–H groups in total. The van der Waals surface area contributed by atoms with E-state index in [1.807, 2.05) is 0 Å². The fourth-order valence-corrected chi connectivity index (χ4v) is 19.2. The van der Waals surface area contributed by atoms with Gasteiger partial charge in [-0.15, -0.1) is 0 Å². The van der Waals surface area contributed by atoms with Crippen LogP contribution in [0.2, 0.25) is 0 Å². The Kier molecular flexibility index (Phi) is 16.6. The summed E-state index contributed by atoms with van der Waals surface area (Å²) < 4.78 is 9.31. The highest BCUT2D eigenvalue weighted by atomic mass is 15.0. The molecule has 0 amide bonds. The number of aromatic nitrogens is 4. The predicted octanol–water partition coefficient (Wildman–Crippen LogP) is 28.6. The normalized spacial score (nSPS) is 14.1. The second-order valence-corrected chi connectivity index (χ2v) is 35.4. The molecule has 4 heterocycles. The van der Waals surface area contributed by atoms with E-state index >= 15 is 0 Å². The van der Waals surface area contributed by atoms with E-state index in [0.717, 1.165) is 6.54 Å². The number of fused-ring (bicyclic) bond motifs is 21. The standard InChI is InChI=1S/C43H35N.C28H23N.C21H27N.C15H15N/c1-42(2)36-12-8-6-10-30(36)32-18-14-28(24-38(32)42)26-16-20-40-34(22-26)35-23-27(17-21-41(35)44(40)5)29-15-19-33-31-11-7-9-13-37(31)43(3,4)39(33)25-29;1-28(2)24-10-6-4-8-20(24)21-14-12-19(17-25(21)28)18-13-15-27-23(16-18)22-9-5-7-11-26(22)29(27)3;1-20(2,3)14-8-10-18-16(12-14)17-13-15(21(4,5)6)9-11-19(17)22(18)7;1-3-16-14-7-5-4-6-12(14)13-10-11(2)8-9-15(13)16/h6-25H,1-5H3;4-17H,1-3H3;8-13H,1-7H3;4-10H,3H2,1-2H3. The number of aryl methyl sites for hydroxylation is 5. The topological polar surface area (TPSA) is 19.7 Å². The summed E-state index contributed by atoms with van der Waals surface area (Å²) in [5, 5.41) is 10.7. The molecule has 0 radical (unpaired) electrons. The number of hydrogen-bond acceptors (Lipinski definition) is 0. The largest absolute Gasteiger partial charge is 0.344 e. The molecule has 3 aliphatic rings. The van der Waals surface area contributed by atoms with E-state index in [4.69, 9.17) is 0 Å². The Morgan fingerprint density at radius 2 is 0.505 bits per heavy atom. The smallest absolute Gasteiger partial charge is 0.0491 e. The van der Waals surface area contributed by atoms with Gasteiger partial charge in [0.2, 0.25) is 0 Å². The van der Waals surface area contributed by atoms with Crippen molar-refractivity contribution >= 4 is 87.2 Å². The lowest BCUT2D eigenvalue weighted by Gasteiger charge is -2.22. The van der Waals surface area contributed by atoms with Gasteiger partial charge in [-0.2, -0.15) is 0 Å². The fraction of sp³-hybridized carbons (Fsp3) is 0.215. The van der Waals surface area contributed by atoms with Gasteiger partial charge in [-0.25, -0.2) is 0 Å². The summed E-state index contributed by atoms with van der Waals surface area (Å²) in [7, 11) is 6.51. The van der Waals surface area contributed by atoms with Crippen molar-refractivity contribution in [1.82, 2.24) is 18.3 Å². The molecule has 0 spiro atoms. The number of nitrogens with zero attached hydrogens (tertiary/aromatic N) is 4. The van der Waals surface area contributed by atoms with Crippen LogP contribution in [-0.2, 0) is 54.8 Å². The van der Waals surface area contributed by atoms with E-state index < -0.39 is 0 Å². The first-order valence-corrected chi connectivity index (χ1v) is 39.9. The highest BCUT2D eigenvalue weighted by molar-refractivity contribution is 6.13. The minimum atomic E-state index is -0.00776. The molecule has 0 aliphatic heterocycles. The van der Waals surface area contributed by atoms with Crippen LogP contribution in [0.4, 0.5) is 0 Å². The first-order valence-electron chi connectivity index (χ1n) is 39.9. The zero-order valence-electron chi connectivity index (χ0n) is 67.6. The van der Waals surface area contributed by atoms with Gasteiger partial charge in [0.15, 0.2) is 0 Å². The average molecular weight is 1440 g/mol. The van der Waals surface area contributed by atoms with Crippen LogP contribution in [0.5, 0.6) is 0 Å². The van der Waals surface area contributed by atoms with Gasteiger partial charge in [0.05, 0.1) is 0 Å². The van der Waals surface area contributed by atoms with Crippen molar-refractivity contribution in [2.75, 3.05) is 0 Å². The van der Waals surface area contributed by atoms with Crippen LogP contribution in [0, 0.1) is 6.92 Å². The number of rotatable bonds is 4. The number of para-hydroxylation sites is 2. The quantitative estimate of drug-likeness (QED) is 0.167. The van der Waals surface area contributed by atoms with Crippen molar-refractivity contribution in [3.63, 3.8) is 0 Å². The highest BCUT2D eigenvalue weighted by Crippen LogP contribution is 2.53. The van der Waals surface area contributed by atoms with E-state index in [0.29, 0.717) is 0 Å². The average Bonchev–Trinajstić information content (AvgIpc) is 1.59. The molecule has 3 aliphatic carbocycles. The second kappa shape index (κ2) is 26.0. The zero-order valence-corrected chi connectivity index (χ0v) is 67.6. The van der Waals surface area contributed by atoms with Gasteiger partial charge in [-0.05, 0) is 239 Å². The maximum atomic E-state index is 2.43. The van der Waals surface area contributed by atoms with Crippen molar-refractivity contribution in [2.45, 2.75) is 131 Å². The van der Waals surface area contributed by atoms with Gasteiger partial charge < -0.3 is 18.3 Å². The summed E-state index contributed by atoms with van der Waals surface area (Å²) in [6.45, 7) is 33.1. The SMILES string of the molecule is CCn1c2ccccc2c2cc(C)ccc21.Cn1c2ccc(-c3ccc4c(c3)C(C)(C)c3ccccc3-4)cc2c2cc(-c3ccc4c(c3)C(C)(C)c3ccccc3-4)ccc21.Cn1c2ccc(C(C)(C)C)cc2c2cc(C(C)(C)C)ccc21.Cn1c2ccccc2c2cc(-c3ccc4c(c3)C(C)(C)c3ccccc3-4)ccc21. The molecular weight excluding hydrogens is 1340 g/mol. The summed E-state index contributed by atoms with van der Waals surface area (Å²) in [6, 6.07) is 106. The lowest BCUT2D eigenvalue weighted by Crippen LogP contribution is -2.14. The zero-order chi connectivity index (χ0) is 77.1. The van der Waals surface area contributed by atoms with Crippen molar-refractivity contribution in [3.05, 3.63) is 335 Å². The van der Waals surface area contributed by atoms with Crippen LogP contribution in [-0.4, -0.2) is 18.3 Å². The van der Waals surface area contributed by atoms with Crippen molar-refractivity contribution in [1.29, 1.82) is 0 Å². The minimum absolute atomic E-state index is 0.00776. The summed E-state index contributed by atoms with van der Waals surface area (Å²) in [5.41, 5.74) is 39.3. The van der Waals surface area contributed by atoms with Crippen LogP contribution in [0.15, 0.2) is 285 Å². The lowest BCUT2D eigenvalue weighted by molar-refractivity contribution is 0.590. The lowest BCUT2D eigenvalue weighted by atomic mass is 9.81. The molecule has 18 aromatic rings. The fourth-order valence-electron chi connectivity index (χ4n) is 19.2. The van der Waals surface area contributed by atoms with Crippen molar-refractivity contribution < 1.29 is 0 Å². The molecule has 0 saturated carbocycles. The van der Waals surface area contributed by atoms with Gasteiger partial charge in [-0.3, -0.25) is 0 Å². The van der Waals surface area contributed by atoms with Crippen LogP contribution in [0.3, 0.4) is 0 Å². The molecule has 0 unspecified atom stereocenters. The molecule has 14 aromatic carbocycles. The molecule has 21 rings (SSSR count). The Morgan fingerprint density at radius 1 is 0.243 bits per heavy atom. The van der Waals surface area contributed by atoms with Crippen LogP contribution in [0.25, 0.3) is 154 Å². The summed E-state index contributed by atoms with van der Waals surface area (Å²) in [5.74, 6) is 0. The Bertz CT molecular complexity index is 6610. The molecule has 0 atom stereocenters. The molecule has 4 nitrogen and oxygen atoms in total. The van der Waals surface area contributed by atoms with Gasteiger partial charge >= 0.3 is 0 Å². The molecule has 0 bridgehead atoms. The molecule has 548 valence electrons. The Hall–Kier alpha value is -11.7. The van der Waals surface area contributed by atoms with Gasteiger partial charge in [-0.1, -0.05) is 271 Å². The van der Waals surface area contributed by atoms with E-state index in [9.17, 15) is 0 Å². The second-order valence-electron chi connectivity index (χ2n) is 35.4. The predicted molar refractivity (Wildman–Crippen MR) is 478 cm³/mol. The number of hydrogen-bond donors (Lipinski definition) is 0. The summed E-state index contributed by atoms with van der Waals surface area (Å²) in [6.07, 6.45) is 0. The monoisotopic (exact) mass is 1440 g/mol. The van der Waals surface area contributed by atoms with E-state index in [1.54, 1.807) is 0 Å². The summed E-state index contributed by atoms with van der Waals surface area (Å²) in [4.78, 5) is 0. The van der Waals surface area contributed by atoms with E-state index in [2.05, 4.69) is 421 Å². The molecule has 0 saturated heterocycles. The Morgan fingerprint density at radius 3 is 0.883 bits per heavy atom. The van der Waals surface area contributed by atoms with Gasteiger partial charge in [0, 0.05) is 131 Å². The van der Waals surface area contributed by atoms with Crippen molar-refractivity contribution in [3.8, 4) is 66.8 Å². The van der Waals surface area contributed by atoms with Gasteiger partial charge in [0.1, 0.15) is 0 Å². The molecular formula is C107H100N4.